The first-order valence-electron chi connectivity index (χ1n) is 3.68. The molecule has 1 heterocycles. The molecule has 0 saturated heterocycles. The molecule has 2 N–H and O–H groups in total. The summed E-state index contributed by atoms with van der Waals surface area (Å²) in [5, 5.41) is 1.69. The Hall–Kier alpha value is -0.800. The van der Waals surface area contributed by atoms with Crippen LogP contribution in [0.5, 0.6) is 0 Å². The average Bonchev–Trinajstić information content (AvgIpc) is 2.08. The Morgan fingerprint density at radius 3 is 2.85 bits per heavy atom. The number of aromatic nitrogens is 1. The molecule has 13 heavy (non-hydrogen) atoms. The Balaban J connectivity index is 2.81. The molecule has 1 aromatic heterocycles. The van der Waals surface area contributed by atoms with Crippen molar-refractivity contribution in [3.63, 3.8) is 0 Å². The average molecular weight is 258 g/mol. The lowest BCUT2D eigenvalue weighted by Crippen LogP contribution is -1.91. The van der Waals surface area contributed by atoms with Crippen molar-refractivity contribution in [2.75, 3.05) is 5.73 Å². The third-order valence-electron chi connectivity index (χ3n) is 1.76. The zero-order valence-electron chi connectivity index (χ0n) is 6.59. The third-order valence-corrected chi connectivity index (χ3v) is 2.63. The minimum atomic E-state index is 0.481. The van der Waals surface area contributed by atoms with Gasteiger partial charge in [-0.2, -0.15) is 0 Å². The van der Waals surface area contributed by atoms with Gasteiger partial charge in [-0.3, -0.25) is 0 Å². The molecule has 0 radical (unpaired) electrons. The SMILES string of the molecule is Nc1nc2cc(Cl)ccc2cc1Br. The molecule has 2 rings (SSSR count). The molecule has 2 nitrogen and oxygen atoms in total. The first-order valence-corrected chi connectivity index (χ1v) is 4.85. The molecule has 0 amide bonds. The predicted molar refractivity (Wildman–Crippen MR) is 58.9 cm³/mol. The summed E-state index contributed by atoms with van der Waals surface area (Å²) in [4.78, 5) is 4.18. The van der Waals surface area contributed by atoms with Crippen molar-refractivity contribution in [1.82, 2.24) is 4.98 Å². The van der Waals surface area contributed by atoms with Crippen molar-refractivity contribution in [2.45, 2.75) is 0 Å². The van der Waals surface area contributed by atoms with Gasteiger partial charge in [0.05, 0.1) is 9.99 Å². The van der Waals surface area contributed by atoms with Gasteiger partial charge in [-0.1, -0.05) is 17.7 Å². The molecule has 1 aromatic carbocycles. The van der Waals surface area contributed by atoms with E-state index in [1.807, 2.05) is 18.2 Å². The molecule has 0 atom stereocenters. The van der Waals surface area contributed by atoms with Gasteiger partial charge in [-0.05, 0) is 34.1 Å². The zero-order chi connectivity index (χ0) is 9.42. The summed E-state index contributed by atoms with van der Waals surface area (Å²) < 4.78 is 0.808. The van der Waals surface area contributed by atoms with Crippen LogP contribution in [0.1, 0.15) is 0 Å². The van der Waals surface area contributed by atoms with Crippen molar-refractivity contribution in [3.8, 4) is 0 Å². The van der Waals surface area contributed by atoms with Gasteiger partial charge in [0.2, 0.25) is 0 Å². The van der Waals surface area contributed by atoms with Crippen molar-refractivity contribution in [1.29, 1.82) is 0 Å². The number of halogens is 2. The van der Waals surface area contributed by atoms with E-state index < -0.39 is 0 Å². The van der Waals surface area contributed by atoms with Gasteiger partial charge in [0.1, 0.15) is 5.82 Å². The van der Waals surface area contributed by atoms with Gasteiger partial charge >= 0.3 is 0 Å². The van der Waals surface area contributed by atoms with E-state index >= 15 is 0 Å². The summed E-state index contributed by atoms with van der Waals surface area (Å²) in [6, 6.07) is 7.46. The maximum Gasteiger partial charge on any atom is 0.138 e. The van der Waals surface area contributed by atoms with Gasteiger partial charge in [-0.15, -0.1) is 0 Å². The van der Waals surface area contributed by atoms with Crippen LogP contribution in [0, 0.1) is 0 Å². The van der Waals surface area contributed by atoms with E-state index in [2.05, 4.69) is 20.9 Å². The summed E-state index contributed by atoms with van der Waals surface area (Å²) in [7, 11) is 0. The van der Waals surface area contributed by atoms with Crippen molar-refractivity contribution in [3.05, 3.63) is 33.8 Å². The highest BCUT2D eigenvalue weighted by Gasteiger charge is 2.01. The van der Waals surface area contributed by atoms with Crippen LogP contribution in [0.15, 0.2) is 28.7 Å². The van der Waals surface area contributed by atoms with E-state index in [9.17, 15) is 0 Å². The lowest BCUT2D eigenvalue weighted by molar-refractivity contribution is 1.39. The third kappa shape index (κ3) is 1.62. The van der Waals surface area contributed by atoms with E-state index in [1.54, 1.807) is 6.07 Å². The number of rotatable bonds is 0. The van der Waals surface area contributed by atoms with Crippen LogP contribution < -0.4 is 5.73 Å². The molecular formula is C9H6BrClN2. The Labute approximate surface area is 88.8 Å². The van der Waals surface area contributed by atoms with Gasteiger partial charge < -0.3 is 5.73 Å². The molecule has 0 saturated carbocycles. The highest BCUT2D eigenvalue weighted by Crippen LogP contribution is 2.24. The molecule has 0 aliphatic rings. The second kappa shape index (κ2) is 3.16. The number of anilines is 1. The summed E-state index contributed by atoms with van der Waals surface area (Å²) in [6.07, 6.45) is 0. The van der Waals surface area contributed by atoms with E-state index in [1.165, 1.54) is 0 Å². The largest absolute Gasteiger partial charge is 0.383 e. The number of hydrogen-bond donors (Lipinski definition) is 1. The van der Waals surface area contributed by atoms with Crippen LogP contribution in [0.25, 0.3) is 10.9 Å². The zero-order valence-corrected chi connectivity index (χ0v) is 8.93. The van der Waals surface area contributed by atoms with E-state index in [4.69, 9.17) is 17.3 Å². The number of hydrogen-bond acceptors (Lipinski definition) is 2. The van der Waals surface area contributed by atoms with E-state index in [-0.39, 0.29) is 0 Å². The quantitative estimate of drug-likeness (QED) is 0.787. The minimum Gasteiger partial charge on any atom is -0.383 e. The Bertz CT molecular complexity index is 470. The second-order valence-corrected chi connectivity index (χ2v) is 3.98. The molecule has 0 bridgehead atoms. The molecular weight excluding hydrogens is 251 g/mol. The highest BCUT2D eigenvalue weighted by atomic mass is 79.9. The van der Waals surface area contributed by atoms with E-state index in [0.29, 0.717) is 10.8 Å². The fourth-order valence-electron chi connectivity index (χ4n) is 1.13. The highest BCUT2D eigenvalue weighted by molar-refractivity contribution is 9.10. The molecule has 0 aliphatic carbocycles. The van der Waals surface area contributed by atoms with Gasteiger partial charge in [0, 0.05) is 10.4 Å². The minimum absolute atomic E-state index is 0.481. The lowest BCUT2D eigenvalue weighted by Gasteiger charge is -2.01. The fraction of sp³-hybridized carbons (Fsp3) is 0. The van der Waals surface area contributed by atoms with Crippen molar-refractivity contribution in [2.24, 2.45) is 0 Å². The van der Waals surface area contributed by atoms with E-state index in [0.717, 1.165) is 15.4 Å². The van der Waals surface area contributed by atoms with Crippen molar-refractivity contribution < 1.29 is 0 Å². The monoisotopic (exact) mass is 256 g/mol. The molecule has 2 aromatic rings. The number of pyridine rings is 1. The molecule has 4 heteroatoms. The molecule has 0 unspecified atom stereocenters. The maximum atomic E-state index is 5.82. The van der Waals surface area contributed by atoms with Gasteiger partial charge in [-0.25, -0.2) is 4.98 Å². The van der Waals surface area contributed by atoms with Crippen LogP contribution in [0.4, 0.5) is 5.82 Å². The normalized spacial score (nSPS) is 10.6. The summed E-state index contributed by atoms with van der Waals surface area (Å²) in [6.45, 7) is 0. The number of nitrogens with two attached hydrogens (primary N) is 1. The lowest BCUT2D eigenvalue weighted by atomic mass is 10.2. The van der Waals surface area contributed by atoms with Crippen LogP contribution in [0.2, 0.25) is 5.02 Å². The van der Waals surface area contributed by atoms with Crippen LogP contribution in [0.3, 0.4) is 0 Å². The Morgan fingerprint density at radius 2 is 2.08 bits per heavy atom. The molecule has 0 fully saturated rings. The van der Waals surface area contributed by atoms with Crippen LogP contribution in [-0.2, 0) is 0 Å². The Kier molecular flexibility index (Phi) is 2.14. The smallest absolute Gasteiger partial charge is 0.138 e. The molecule has 0 aliphatic heterocycles. The van der Waals surface area contributed by atoms with Crippen LogP contribution >= 0.6 is 27.5 Å². The van der Waals surface area contributed by atoms with Gasteiger partial charge in [0.15, 0.2) is 0 Å². The second-order valence-electron chi connectivity index (χ2n) is 2.69. The number of nitrogens with zero attached hydrogens (tertiary/aromatic N) is 1. The van der Waals surface area contributed by atoms with Crippen molar-refractivity contribution >= 4 is 44.3 Å². The Morgan fingerprint density at radius 1 is 1.31 bits per heavy atom. The fourth-order valence-corrected chi connectivity index (χ4v) is 1.63. The molecule has 0 spiro atoms. The maximum absolute atomic E-state index is 5.82. The van der Waals surface area contributed by atoms with Crippen LogP contribution in [-0.4, -0.2) is 4.98 Å². The summed E-state index contributed by atoms with van der Waals surface area (Å²) >= 11 is 9.13. The number of fused-ring (bicyclic) bond motifs is 1. The molecule has 66 valence electrons. The number of benzene rings is 1. The first kappa shape index (κ1) is 8.78. The first-order chi connectivity index (χ1) is 6.16. The van der Waals surface area contributed by atoms with Gasteiger partial charge in [0.25, 0.3) is 0 Å². The summed E-state index contributed by atoms with van der Waals surface area (Å²) in [5.74, 6) is 0.481. The predicted octanol–water partition coefficient (Wildman–Crippen LogP) is 3.23. The number of nitrogen functional groups attached to an aromatic ring is 1. The standard InChI is InChI=1S/C9H6BrClN2/c10-7-3-5-1-2-6(11)4-8(5)13-9(7)12/h1-4H,(H2,12,13). The summed E-state index contributed by atoms with van der Waals surface area (Å²) in [5.41, 5.74) is 6.45. The topological polar surface area (TPSA) is 38.9 Å².